The van der Waals surface area contributed by atoms with Crippen LogP contribution < -0.4 is 5.32 Å². The van der Waals surface area contributed by atoms with Crippen molar-refractivity contribution in [3.63, 3.8) is 0 Å². The lowest BCUT2D eigenvalue weighted by Crippen LogP contribution is -2.45. The van der Waals surface area contributed by atoms with Crippen LogP contribution in [0.4, 0.5) is 4.79 Å². The van der Waals surface area contributed by atoms with E-state index >= 15 is 0 Å². The molecule has 0 bridgehead atoms. The first-order valence-electron chi connectivity index (χ1n) is 5.39. The van der Waals surface area contributed by atoms with Crippen LogP contribution in [-0.4, -0.2) is 56.4 Å². The molecule has 2 amide bonds. The number of esters is 1. The molecule has 16 heavy (non-hydrogen) atoms. The molecule has 0 aromatic heterocycles. The number of rotatable bonds is 4. The normalized spacial score (nSPS) is 19.2. The van der Waals surface area contributed by atoms with Crippen LogP contribution in [0.15, 0.2) is 0 Å². The van der Waals surface area contributed by atoms with Crippen molar-refractivity contribution in [1.29, 1.82) is 0 Å². The third kappa shape index (κ3) is 3.69. The highest BCUT2D eigenvalue weighted by atomic mass is 16.5. The molecule has 0 aromatic carbocycles. The average molecular weight is 230 g/mol. The molecule has 1 fully saturated rings. The van der Waals surface area contributed by atoms with Gasteiger partial charge in [-0.2, -0.15) is 0 Å². The Bertz CT molecular complexity index is 251. The first-order chi connectivity index (χ1) is 7.65. The Morgan fingerprint density at radius 3 is 2.88 bits per heavy atom. The molecule has 6 nitrogen and oxygen atoms in total. The zero-order valence-corrected chi connectivity index (χ0v) is 9.69. The third-order valence-electron chi connectivity index (χ3n) is 2.46. The first kappa shape index (κ1) is 12.8. The zero-order chi connectivity index (χ0) is 12.0. The molecule has 1 unspecified atom stereocenters. The smallest absolute Gasteiger partial charge is 0.325 e. The minimum absolute atomic E-state index is 0.0927. The lowest BCUT2D eigenvalue weighted by Gasteiger charge is -2.23. The predicted molar refractivity (Wildman–Crippen MR) is 57.0 cm³/mol. The summed E-state index contributed by atoms with van der Waals surface area (Å²) in [7, 11) is 1.69. The summed E-state index contributed by atoms with van der Waals surface area (Å²) in [6.45, 7) is 3.19. The second kappa shape index (κ2) is 6.32. The topological polar surface area (TPSA) is 67.9 Å². The van der Waals surface area contributed by atoms with Crippen LogP contribution in [0, 0.1) is 0 Å². The van der Waals surface area contributed by atoms with Crippen molar-refractivity contribution in [3.8, 4) is 0 Å². The van der Waals surface area contributed by atoms with Gasteiger partial charge in [0.15, 0.2) is 0 Å². The summed E-state index contributed by atoms with van der Waals surface area (Å²) >= 11 is 0. The Kier molecular flexibility index (Phi) is 5.04. The molecule has 0 spiro atoms. The Labute approximate surface area is 94.9 Å². The number of carbonyl (C=O) groups excluding carboxylic acids is 2. The van der Waals surface area contributed by atoms with Gasteiger partial charge in [-0.25, -0.2) is 4.79 Å². The Morgan fingerprint density at radius 1 is 1.56 bits per heavy atom. The number of urea groups is 1. The molecule has 92 valence electrons. The fourth-order valence-corrected chi connectivity index (χ4v) is 1.48. The van der Waals surface area contributed by atoms with Gasteiger partial charge in [0.1, 0.15) is 6.54 Å². The van der Waals surface area contributed by atoms with E-state index in [0.29, 0.717) is 19.8 Å². The molecule has 1 rings (SSSR count). The molecule has 0 aliphatic carbocycles. The molecule has 1 atom stereocenters. The molecular formula is C10H18N2O4. The van der Waals surface area contributed by atoms with Gasteiger partial charge in [-0.05, 0) is 13.3 Å². The molecular weight excluding hydrogens is 212 g/mol. The summed E-state index contributed by atoms with van der Waals surface area (Å²) < 4.78 is 9.88. The summed E-state index contributed by atoms with van der Waals surface area (Å²) in [6.07, 6.45) is 0.837. The maximum Gasteiger partial charge on any atom is 0.325 e. The van der Waals surface area contributed by atoms with Crippen LogP contribution in [0.3, 0.4) is 0 Å². The minimum atomic E-state index is -0.424. The van der Waals surface area contributed by atoms with Crippen molar-refractivity contribution in [1.82, 2.24) is 10.2 Å². The molecule has 1 heterocycles. The highest BCUT2D eigenvalue weighted by Crippen LogP contribution is 2.10. The lowest BCUT2D eigenvalue weighted by molar-refractivity contribution is -0.141. The molecule has 1 aliphatic rings. The average Bonchev–Trinajstić information content (AvgIpc) is 2.78. The molecule has 1 N–H and O–H groups in total. The van der Waals surface area contributed by atoms with Crippen LogP contribution in [-0.2, 0) is 14.3 Å². The van der Waals surface area contributed by atoms with E-state index in [0.717, 1.165) is 6.42 Å². The minimum Gasteiger partial charge on any atom is -0.465 e. The SMILES string of the molecule is CCOC(=O)CNC(=O)N(C)C1CCOC1. The van der Waals surface area contributed by atoms with Crippen LogP contribution in [0.5, 0.6) is 0 Å². The van der Waals surface area contributed by atoms with Gasteiger partial charge in [-0.1, -0.05) is 0 Å². The summed E-state index contributed by atoms with van der Waals surface area (Å²) in [5.74, 6) is -0.424. The monoisotopic (exact) mass is 230 g/mol. The van der Waals surface area contributed by atoms with Crippen molar-refractivity contribution in [2.75, 3.05) is 33.4 Å². The number of ether oxygens (including phenoxy) is 2. The van der Waals surface area contributed by atoms with Crippen molar-refractivity contribution in [2.24, 2.45) is 0 Å². The third-order valence-corrected chi connectivity index (χ3v) is 2.46. The maximum atomic E-state index is 11.6. The van der Waals surface area contributed by atoms with E-state index < -0.39 is 5.97 Å². The number of hydrogen-bond donors (Lipinski definition) is 1. The second-order valence-corrected chi connectivity index (χ2v) is 3.59. The van der Waals surface area contributed by atoms with Gasteiger partial charge in [-0.15, -0.1) is 0 Å². The number of amides is 2. The van der Waals surface area contributed by atoms with E-state index in [1.54, 1.807) is 18.9 Å². The largest absolute Gasteiger partial charge is 0.465 e. The van der Waals surface area contributed by atoms with Gasteiger partial charge in [0.25, 0.3) is 0 Å². The Hall–Kier alpha value is -1.30. The van der Waals surface area contributed by atoms with E-state index in [-0.39, 0.29) is 18.6 Å². The summed E-state index contributed by atoms with van der Waals surface area (Å²) in [5.41, 5.74) is 0. The Balaban J connectivity index is 2.25. The Morgan fingerprint density at radius 2 is 2.31 bits per heavy atom. The maximum absolute atomic E-state index is 11.6. The van der Waals surface area contributed by atoms with Crippen molar-refractivity contribution < 1.29 is 19.1 Å². The standard InChI is InChI=1S/C10H18N2O4/c1-3-16-9(13)6-11-10(14)12(2)8-4-5-15-7-8/h8H,3-7H2,1-2H3,(H,11,14). The number of carbonyl (C=O) groups is 2. The second-order valence-electron chi connectivity index (χ2n) is 3.59. The van der Waals surface area contributed by atoms with Crippen molar-refractivity contribution >= 4 is 12.0 Å². The number of nitrogens with one attached hydrogen (secondary N) is 1. The van der Waals surface area contributed by atoms with Gasteiger partial charge in [0.05, 0.1) is 19.3 Å². The fraction of sp³-hybridized carbons (Fsp3) is 0.800. The van der Waals surface area contributed by atoms with Gasteiger partial charge in [0.2, 0.25) is 0 Å². The van der Waals surface area contributed by atoms with Crippen LogP contribution in [0.25, 0.3) is 0 Å². The number of likely N-dealkylation sites (N-methyl/N-ethyl adjacent to an activating group) is 1. The predicted octanol–water partition coefficient (Wildman–Crippen LogP) is -0.0202. The summed E-state index contributed by atoms with van der Waals surface area (Å²) in [5, 5.41) is 2.50. The van der Waals surface area contributed by atoms with E-state index in [2.05, 4.69) is 5.32 Å². The zero-order valence-electron chi connectivity index (χ0n) is 9.69. The lowest BCUT2D eigenvalue weighted by atomic mass is 10.2. The molecule has 0 aromatic rings. The van der Waals surface area contributed by atoms with Gasteiger partial charge >= 0.3 is 12.0 Å². The van der Waals surface area contributed by atoms with Crippen LogP contribution >= 0.6 is 0 Å². The molecule has 6 heteroatoms. The van der Waals surface area contributed by atoms with Crippen LogP contribution in [0.2, 0.25) is 0 Å². The highest BCUT2D eigenvalue weighted by Gasteiger charge is 2.24. The molecule has 0 saturated carbocycles. The number of nitrogens with zero attached hydrogens (tertiary/aromatic N) is 1. The first-order valence-corrected chi connectivity index (χ1v) is 5.39. The van der Waals surface area contributed by atoms with E-state index in [1.807, 2.05) is 0 Å². The van der Waals surface area contributed by atoms with E-state index in [1.165, 1.54) is 0 Å². The molecule has 1 saturated heterocycles. The van der Waals surface area contributed by atoms with Crippen LogP contribution in [0.1, 0.15) is 13.3 Å². The van der Waals surface area contributed by atoms with Gasteiger partial charge in [-0.3, -0.25) is 4.79 Å². The summed E-state index contributed by atoms with van der Waals surface area (Å²) in [6, 6.07) is -0.175. The van der Waals surface area contributed by atoms with Gasteiger partial charge in [0, 0.05) is 13.7 Å². The molecule has 1 aliphatic heterocycles. The van der Waals surface area contributed by atoms with E-state index in [9.17, 15) is 9.59 Å². The summed E-state index contributed by atoms with van der Waals surface area (Å²) in [4.78, 5) is 24.2. The quantitative estimate of drug-likeness (QED) is 0.689. The van der Waals surface area contributed by atoms with Gasteiger partial charge < -0.3 is 19.7 Å². The van der Waals surface area contributed by atoms with E-state index in [4.69, 9.17) is 9.47 Å². The van der Waals surface area contributed by atoms with Crippen molar-refractivity contribution in [2.45, 2.75) is 19.4 Å². The number of hydrogen-bond acceptors (Lipinski definition) is 4. The molecule has 0 radical (unpaired) electrons. The van der Waals surface area contributed by atoms with Crippen molar-refractivity contribution in [3.05, 3.63) is 0 Å². The fourth-order valence-electron chi connectivity index (χ4n) is 1.48. The highest BCUT2D eigenvalue weighted by molar-refractivity contribution is 5.80.